The Hall–Kier alpha value is -3.51. The molecule has 1 N–H and O–H groups in total. The third-order valence-electron chi connectivity index (χ3n) is 4.73. The number of hydrogen-bond acceptors (Lipinski definition) is 3. The molecule has 150 valence electrons. The number of amides is 1. The Kier molecular flexibility index (Phi) is 5.33. The molecule has 4 aromatic rings. The Balaban J connectivity index is 1.77. The number of carbonyl (C=O) groups excluding carboxylic acids is 1. The smallest absolute Gasteiger partial charge is 0.265 e. The fourth-order valence-corrected chi connectivity index (χ4v) is 3.34. The van der Waals surface area contributed by atoms with Crippen molar-refractivity contribution in [1.82, 2.24) is 9.55 Å². The molecule has 30 heavy (non-hydrogen) atoms. The summed E-state index contributed by atoms with van der Waals surface area (Å²) in [5.74, 6) is -1.20. The van der Waals surface area contributed by atoms with Crippen LogP contribution in [0.1, 0.15) is 21.5 Å². The van der Waals surface area contributed by atoms with Gasteiger partial charge in [0.1, 0.15) is 17.0 Å². The monoisotopic (exact) mass is 421 g/mol. The number of pyridine rings is 2. The predicted molar refractivity (Wildman–Crippen MR) is 116 cm³/mol. The van der Waals surface area contributed by atoms with Crippen LogP contribution < -0.4 is 10.9 Å². The van der Waals surface area contributed by atoms with Gasteiger partial charge in [0.15, 0.2) is 0 Å². The van der Waals surface area contributed by atoms with E-state index in [9.17, 15) is 14.0 Å². The van der Waals surface area contributed by atoms with Crippen LogP contribution in [0.3, 0.4) is 0 Å². The zero-order valence-corrected chi connectivity index (χ0v) is 16.8. The number of benzene rings is 2. The molecule has 0 aliphatic carbocycles. The lowest BCUT2D eigenvalue weighted by molar-refractivity contribution is 0.102. The summed E-state index contributed by atoms with van der Waals surface area (Å²) in [6.07, 6.45) is 1.60. The van der Waals surface area contributed by atoms with E-state index in [1.807, 2.05) is 31.2 Å². The number of nitrogens with one attached hydrogen (secondary N) is 1. The van der Waals surface area contributed by atoms with E-state index in [-0.39, 0.29) is 17.1 Å². The molecular formula is C23H17ClFN3O2. The lowest BCUT2D eigenvalue weighted by atomic mass is 10.1. The predicted octanol–water partition coefficient (Wildman–Crippen LogP) is 4.80. The zero-order valence-electron chi connectivity index (χ0n) is 16.0. The van der Waals surface area contributed by atoms with Gasteiger partial charge in [-0.15, -0.1) is 0 Å². The fourth-order valence-electron chi connectivity index (χ4n) is 3.16. The molecule has 0 fully saturated rings. The highest BCUT2D eigenvalue weighted by atomic mass is 35.5. The maximum absolute atomic E-state index is 13.4. The van der Waals surface area contributed by atoms with Crippen molar-refractivity contribution in [2.24, 2.45) is 0 Å². The highest BCUT2D eigenvalue weighted by Crippen LogP contribution is 2.20. The van der Waals surface area contributed by atoms with E-state index < -0.39 is 17.3 Å². The molecule has 0 saturated carbocycles. The number of rotatable bonds is 4. The maximum Gasteiger partial charge on any atom is 0.265 e. The quantitative estimate of drug-likeness (QED) is 0.515. The molecule has 0 aliphatic rings. The number of hydrogen-bond donors (Lipinski definition) is 1. The van der Waals surface area contributed by atoms with Gasteiger partial charge in [0, 0.05) is 17.3 Å². The van der Waals surface area contributed by atoms with Crippen LogP contribution in [0, 0.1) is 12.7 Å². The average molecular weight is 422 g/mol. The Morgan fingerprint density at radius 1 is 1.13 bits per heavy atom. The maximum atomic E-state index is 13.4. The van der Waals surface area contributed by atoms with Crippen LogP contribution in [-0.4, -0.2) is 15.5 Å². The number of halogens is 2. The zero-order chi connectivity index (χ0) is 21.3. The molecule has 5 nitrogen and oxygen atoms in total. The highest BCUT2D eigenvalue weighted by molar-refractivity contribution is 6.31. The lowest BCUT2D eigenvalue weighted by Crippen LogP contribution is -2.30. The van der Waals surface area contributed by atoms with E-state index in [1.54, 1.807) is 18.3 Å². The highest BCUT2D eigenvalue weighted by Gasteiger charge is 2.17. The first-order chi connectivity index (χ1) is 14.4. The summed E-state index contributed by atoms with van der Waals surface area (Å²) in [4.78, 5) is 30.4. The van der Waals surface area contributed by atoms with Crippen molar-refractivity contribution in [3.05, 3.63) is 105 Å². The summed E-state index contributed by atoms with van der Waals surface area (Å²) in [6, 6.07) is 16.7. The number of nitrogens with zero attached hydrogens (tertiary/aromatic N) is 2. The van der Waals surface area contributed by atoms with Gasteiger partial charge in [-0.25, -0.2) is 9.37 Å². The van der Waals surface area contributed by atoms with Gasteiger partial charge in [-0.3, -0.25) is 14.2 Å². The second-order valence-corrected chi connectivity index (χ2v) is 7.34. The van der Waals surface area contributed by atoms with Crippen LogP contribution in [0.2, 0.25) is 5.02 Å². The van der Waals surface area contributed by atoms with Gasteiger partial charge in [-0.1, -0.05) is 41.4 Å². The van der Waals surface area contributed by atoms with Gasteiger partial charge >= 0.3 is 0 Å². The molecule has 0 spiro atoms. The van der Waals surface area contributed by atoms with Gasteiger partial charge in [0.25, 0.3) is 11.5 Å². The SMILES string of the molecule is Cc1ccc(Cn2c(=O)c(C(=O)Nc3ccc(F)c(Cl)c3)cc3cccnc32)cc1. The first-order valence-corrected chi connectivity index (χ1v) is 9.61. The van der Waals surface area contributed by atoms with Crippen molar-refractivity contribution < 1.29 is 9.18 Å². The second kappa shape index (κ2) is 8.08. The van der Waals surface area contributed by atoms with E-state index in [1.165, 1.54) is 22.8 Å². The van der Waals surface area contributed by atoms with Crippen LogP contribution in [0.5, 0.6) is 0 Å². The number of anilines is 1. The van der Waals surface area contributed by atoms with Crippen LogP contribution in [-0.2, 0) is 6.54 Å². The minimum Gasteiger partial charge on any atom is -0.322 e. The molecule has 2 aromatic heterocycles. The molecule has 0 saturated heterocycles. The van der Waals surface area contributed by atoms with E-state index in [2.05, 4.69) is 10.3 Å². The minimum absolute atomic E-state index is 0.0388. The Morgan fingerprint density at radius 3 is 2.63 bits per heavy atom. The number of aryl methyl sites for hydroxylation is 1. The van der Waals surface area contributed by atoms with Crippen LogP contribution >= 0.6 is 11.6 Å². The Morgan fingerprint density at radius 2 is 1.90 bits per heavy atom. The van der Waals surface area contributed by atoms with Crippen molar-refractivity contribution in [2.75, 3.05) is 5.32 Å². The molecule has 0 aliphatic heterocycles. The summed E-state index contributed by atoms with van der Waals surface area (Å²) >= 11 is 5.78. The molecule has 0 bridgehead atoms. The second-order valence-electron chi connectivity index (χ2n) is 6.93. The lowest BCUT2D eigenvalue weighted by Gasteiger charge is -2.13. The van der Waals surface area contributed by atoms with Gasteiger partial charge < -0.3 is 5.32 Å². The topological polar surface area (TPSA) is 64.0 Å². The van der Waals surface area contributed by atoms with Crippen molar-refractivity contribution >= 4 is 34.2 Å². The summed E-state index contributed by atoms with van der Waals surface area (Å²) in [7, 11) is 0. The molecule has 0 radical (unpaired) electrons. The van der Waals surface area contributed by atoms with E-state index in [0.29, 0.717) is 16.7 Å². The Labute approximate surface area is 176 Å². The van der Waals surface area contributed by atoms with Crippen molar-refractivity contribution in [2.45, 2.75) is 13.5 Å². The number of carbonyl (C=O) groups is 1. The first-order valence-electron chi connectivity index (χ1n) is 9.23. The van der Waals surface area contributed by atoms with Crippen LogP contribution in [0.25, 0.3) is 11.0 Å². The molecular weight excluding hydrogens is 405 g/mol. The summed E-state index contributed by atoms with van der Waals surface area (Å²) in [5, 5.41) is 3.15. The third-order valence-corrected chi connectivity index (χ3v) is 5.02. The normalized spacial score (nSPS) is 10.9. The average Bonchev–Trinajstić information content (AvgIpc) is 2.74. The minimum atomic E-state index is -0.605. The van der Waals surface area contributed by atoms with E-state index in [0.717, 1.165) is 17.2 Å². The molecule has 1 amide bonds. The van der Waals surface area contributed by atoms with E-state index in [4.69, 9.17) is 11.6 Å². The van der Waals surface area contributed by atoms with Crippen molar-refractivity contribution in [1.29, 1.82) is 0 Å². The van der Waals surface area contributed by atoms with Gasteiger partial charge in [-0.05, 0) is 48.9 Å². The van der Waals surface area contributed by atoms with Crippen molar-refractivity contribution in [3.63, 3.8) is 0 Å². The molecule has 7 heteroatoms. The molecule has 2 heterocycles. The molecule has 0 unspecified atom stereocenters. The standard InChI is InChI=1S/C23H17ClFN3O2/c1-14-4-6-15(7-5-14)13-28-21-16(3-2-10-26-21)11-18(23(28)30)22(29)27-17-8-9-20(25)19(24)12-17/h2-12H,13H2,1H3,(H,27,29). The summed E-state index contributed by atoms with van der Waals surface area (Å²) < 4.78 is 14.9. The van der Waals surface area contributed by atoms with E-state index >= 15 is 0 Å². The molecule has 4 rings (SSSR count). The van der Waals surface area contributed by atoms with Crippen LogP contribution in [0.15, 0.2) is 71.7 Å². The summed E-state index contributed by atoms with van der Waals surface area (Å²) in [6.45, 7) is 2.26. The third kappa shape index (κ3) is 3.95. The Bertz CT molecular complexity index is 1320. The number of fused-ring (bicyclic) bond motifs is 1. The fraction of sp³-hybridized carbons (Fsp3) is 0.0870. The van der Waals surface area contributed by atoms with Gasteiger partial charge in [0.2, 0.25) is 0 Å². The number of aromatic nitrogens is 2. The van der Waals surface area contributed by atoms with Crippen LogP contribution in [0.4, 0.5) is 10.1 Å². The van der Waals surface area contributed by atoms with Gasteiger partial charge in [0.05, 0.1) is 11.6 Å². The van der Waals surface area contributed by atoms with Gasteiger partial charge in [-0.2, -0.15) is 0 Å². The summed E-state index contributed by atoms with van der Waals surface area (Å²) in [5.41, 5.74) is 2.31. The largest absolute Gasteiger partial charge is 0.322 e. The molecule has 0 atom stereocenters. The molecule has 2 aromatic carbocycles. The van der Waals surface area contributed by atoms with Crippen molar-refractivity contribution in [3.8, 4) is 0 Å². The first kappa shape index (κ1) is 19.8.